The van der Waals surface area contributed by atoms with E-state index in [0.29, 0.717) is 13.0 Å². The van der Waals surface area contributed by atoms with Gasteiger partial charge < -0.3 is 9.88 Å². The molecule has 4 heteroatoms. The number of hydrogen-bond donors (Lipinski definition) is 1. The average molecular weight is 339 g/mol. The van der Waals surface area contributed by atoms with Gasteiger partial charge in [-0.1, -0.05) is 41.4 Å². The van der Waals surface area contributed by atoms with Gasteiger partial charge in [0.15, 0.2) is 0 Å². The molecular weight excluding hydrogens is 320 g/mol. The minimum absolute atomic E-state index is 0.181. The van der Waals surface area contributed by atoms with Gasteiger partial charge in [-0.05, 0) is 30.7 Å². The van der Waals surface area contributed by atoms with E-state index >= 15 is 0 Å². The fraction of sp³-hybridized carbons (Fsp3) is 0.250. The topological polar surface area (TPSA) is 36.1 Å². The molecule has 2 aromatic carbocycles. The van der Waals surface area contributed by atoms with Gasteiger partial charge in [0.2, 0.25) is 5.91 Å². The maximum atomic E-state index is 12.7. The van der Waals surface area contributed by atoms with E-state index in [9.17, 15) is 4.79 Å². The zero-order valence-corrected chi connectivity index (χ0v) is 14.4. The highest BCUT2D eigenvalue weighted by atomic mass is 35.5. The second-order valence-electron chi connectivity index (χ2n) is 6.50. The van der Waals surface area contributed by atoms with Crippen molar-refractivity contribution in [3.8, 4) is 0 Å². The van der Waals surface area contributed by atoms with Crippen LogP contribution >= 0.6 is 11.6 Å². The van der Waals surface area contributed by atoms with Crippen LogP contribution in [0.4, 0.5) is 0 Å². The van der Waals surface area contributed by atoms with Crippen LogP contribution in [-0.2, 0) is 24.2 Å². The predicted molar refractivity (Wildman–Crippen MR) is 97.3 cm³/mol. The van der Waals surface area contributed by atoms with Crippen LogP contribution in [0.15, 0.2) is 42.5 Å². The van der Waals surface area contributed by atoms with Gasteiger partial charge in [-0.25, -0.2) is 0 Å². The Bertz CT molecular complexity index is 911. The molecule has 0 atom stereocenters. The van der Waals surface area contributed by atoms with Crippen molar-refractivity contribution in [1.29, 1.82) is 0 Å². The van der Waals surface area contributed by atoms with Crippen LogP contribution in [0.5, 0.6) is 0 Å². The summed E-state index contributed by atoms with van der Waals surface area (Å²) in [6, 6.07) is 14.1. The third kappa shape index (κ3) is 2.80. The van der Waals surface area contributed by atoms with Crippen molar-refractivity contribution in [3.05, 3.63) is 69.9 Å². The number of carbonyl (C=O) groups excluding carboxylic acids is 1. The Balaban J connectivity index is 1.57. The van der Waals surface area contributed by atoms with Gasteiger partial charge in [-0.3, -0.25) is 4.79 Å². The van der Waals surface area contributed by atoms with Crippen molar-refractivity contribution in [2.45, 2.75) is 26.3 Å². The number of aromatic amines is 1. The van der Waals surface area contributed by atoms with Crippen molar-refractivity contribution in [2.75, 3.05) is 6.54 Å². The second-order valence-corrected chi connectivity index (χ2v) is 6.94. The summed E-state index contributed by atoms with van der Waals surface area (Å²) >= 11 is 6.14. The van der Waals surface area contributed by atoms with Gasteiger partial charge in [0, 0.05) is 46.7 Å². The van der Waals surface area contributed by atoms with Crippen molar-refractivity contribution in [3.63, 3.8) is 0 Å². The number of carbonyl (C=O) groups is 1. The molecule has 3 nitrogen and oxygen atoms in total. The van der Waals surface area contributed by atoms with Crippen LogP contribution < -0.4 is 0 Å². The molecule has 0 saturated heterocycles. The summed E-state index contributed by atoms with van der Waals surface area (Å²) in [5.41, 5.74) is 5.81. The van der Waals surface area contributed by atoms with Crippen LogP contribution in [0.2, 0.25) is 5.02 Å². The van der Waals surface area contributed by atoms with E-state index in [1.54, 1.807) is 0 Å². The zero-order chi connectivity index (χ0) is 16.7. The average Bonchev–Trinajstić information content (AvgIpc) is 2.94. The smallest absolute Gasteiger partial charge is 0.227 e. The molecular formula is C20H19ClN2O. The number of benzene rings is 2. The number of nitrogens with one attached hydrogen (secondary N) is 1. The number of aromatic nitrogens is 1. The molecule has 0 fully saturated rings. The minimum atomic E-state index is 0.181. The van der Waals surface area contributed by atoms with E-state index in [1.165, 1.54) is 16.8 Å². The van der Waals surface area contributed by atoms with Crippen LogP contribution in [0, 0.1) is 6.92 Å². The van der Waals surface area contributed by atoms with E-state index in [0.717, 1.165) is 34.5 Å². The monoisotopic (exact) mass is 338 g/mol. The highest BCUT2D eigenvalue weighted by molar-refractivity contribution is 6.31. The lowest BCUT2D eigenvalue weighted by Gasteiger charge is -2.27. The summed E-state index contributed by atoms with van der Waals surface area (Å²) in [6.45, 7) is 3.47. The minimum Gasteiger partial charge on any atom is -0.358 e. The van der Waals surface area contributed by atoms with E-state index in [-0.39, 0.29) is 5.91 Å². The molecule has 0 bridgehead atoms. The molecule has 0 radical (unpaired) electrons. The highest BCUT2D eigenvalue weighted by Crippen LogP contribution is 2.30. The van der Waals surface area contributed by atoms with Gasteiger partial charge in [-0.15, -0.1) is 0 Å². The van der Waals surface area contributed by atoms with Gasteiger partial charge >= 0.3 is 0 Å². The quantitative estimate of drug-likeness (QED) is 0.744. The molecule has 1 aromatic heterocycles. The summed E-state index contributed by atoms with van der Waals surface area (Å²) in [7, 11) is 0. The molecule has 1 amide bonds. The molecule has 122 valence electrons. The van der Waals surface area contributed by atoms with Crippen molar-refractivity contribution < 1.29 is 4.79 Å². The molecule has 4 rings (SSSR count). The van der Waals surface area contributed by atoms with Crippen molar-refractivity contribution in [2.24, 2.45) is 0 Å². The molecule has 1 aliphatic rings. The molecule has 2 heterocycles. The molecule has 0 unspecified atom stereocenters. The van der Waals surface area contributed by atoms with E-state index in [2.05, 4.69) is 24.0 Å². The lowest BCUT2D eigenvalue weighted by molar-refractivity contribution is -0.131. The first-order valence-corrected chi connectivity index (χ1v) is 8.60. The van der Waals surface area contributed by atoms with Gasteiger partial charge in [0.1, 0.15) is 0 Å². The standard InChI is InChI=1S/C20H19ClN2O/c1-13-2-4-14(5-3-13)10-20(24)23-9-8-19-17(12-23)16-11-15(21)6-7-18(16)22-19/h2-7,11,22H,8-10,12H2,1H3. The maximum absolute atomic E-state index is 12.7. The Morgan fingerprint density at radius 2 is 2.00 bits per heavy atom. The number of halogens is 1. The fourth-order valence-electron chi connectivity index (χ4n) is 3.39. The Hall–Kier alpha value is -2.26. The SMILES string of the molecule is Cc1ccc(CC(=O)N2CCc3[nH]c4ccc(Cl)cc4c3C2)cc1. The van der Waals surface area contributed by atoms with E-state index < -0.39 is 0 Å². The second kappa shape index (κ2) is 5.99. The Morgan fingerprint density at radius 3 is 2.79 bits per heavy atom. The number of hydrogen-bond acceptors (Lipinski definition) is 1. The molecule has 3 aromatic rings. The molecule has 0 aliphatic carbocycles. The molecule has 0 spiro atoms. The number of aryl methyl sites for hydroxylation is 1. The maximum Gasteiger partial charge on any atom is 0.227 e. The van der Waals surface area contributed by atoms with Crippen LogP contribution in [0.3, 0.4) is 0 Å². The first-order valence-electron chi connectivity index (χ1n) is 8.22. The van der Waals surface area contributed by atoms with E-state index in [4.69, 9.17) is 11.6 Å². The number of nitrogens with zero attached hydrogens (tertiary/aromatic N) is 1. The number of rotatable bonds is 2. The Labute approximate surface area is 146 Å². The van der Waals surface area contributed by atoms with Gasteiger partial charge in [-0.2, -0.15) is 0 Å². The van der Waals surface area contributed by atoms with Gasteiger partial charge in [0.25, 0.3) is 0 Å². The van der Waals surface area contributed by atoms with Crippen molar-refractivity contribution >= 4 is 28.4 Å². The lowest BCUT2D eigenvalue weighted by Crippen LogP contribution is -2.36. The van der Waals surface area contributed by atoms with Crippen LogP contribution in [0.1, 0.15) is 22.4 Å². The third-order valence-electron chi connectivity index (χ3n) is 4.77. The summed E-state index contributed by atoms with van der Waals surface area (Å²) in [5.74, 6) is 0.181. The van der Waals surface area contributed by atoms with Gasteiger partial charge in [0.05, 0.1) is 6.42 Å². The largest absolute Gasteiger partial charge is 0.358 e. The predicted octanol–water partition coefficient (Wildman–Crippen LogP) is 4.26. The Morgan fingerprint density at radius 1 is 1.21 bits per heavy atom. The number of fused-ring (bicyclic) bond motifs is 3. The van der Waals surface area contributed by atoms with Crippen LogP contribution in [-0.4, -0.2) is 22.3 Å². The van der Waals surface area contributed by atoms with E-state index in [1.807, 2.05) is 35.2 Å². The summed E-state index contributed by atoms with van der Waals surface area (Å²) in [5, 5.41) is 1.86. The third-order valence-corrected chi connectivity index (χ3v) is 5.00. The summed E-state index contributed by atoms with van der Waals surface area (Å²) in [4.78, 5) is 18.1. The number of amides is 1. The fourth-order valence-corrected chi connectivity index (χ4v) is 3.56. The first kappa shape index (κ1) is 15.3. The molecule has 1 aliphatic heterocycles. The molecule has 0 saturated carbocycles. The molecule has 1 N–H and O–H groups in total. The lowest BCUT2D eigenvalue weighted by atomic mass is 10.0. The normalized spacial score (nSPS) is 14.0. The zero-order valence-electron chi connectivity index (χ0n) is 13.6. The first-order chi connectivity index (χ1) is 11.6. The van der Waals surface area contributed by atoms with Crippen LogP contribution in [0.25, 0.3) is 10.9 Å². The highest BCUT2D eigenvalue weighted by Gasteiger charge is 2.24. The summed E-state index contributed by atoms with van der Waals surface area (Å²) < 4.78 is 0. The summed E-state index contributed by atoms with van der Waals surface area (Å²) in [6.07, 6.45) is 1.32. The number of H-pyrrole nitrogens is 1. The Kier molecular flexibility index (Phi) is 3.81. The molecule has 24 heavy (non-hydrogen) atoms. The van der Waals surface area contributed by atoms with Crippen molar-refractivity contribution in [1.82, 2.24) is 9.88 Å².